The number of hydrogen-bond donors (Lipinski definition) is 0. The summed E-state index contributed by atoms with van der Waals surface area (Å²) in [6.45, 7) is 8.12. The number of fused-ring (bicyclic) bond motifs is 5. The van der Waals surface area contributed by atoms with E-state index >= 15 is 0 Å². The van der Waals surface area contributed by atoms with E-state index in [0.717, 1.165) is 24.7 Å². The fourth-order valence-corrected chi connectivity index (χ4v) is 5.77. The first-order valence-corrected chi connectivity index (χ1v) is 8.85. The van der Waals surface area contributed by atoms with Crippen LogP contribution in [0.15, 0.2) is 24.0 Å². The topological polar surface area (TPSA) is 18.5 Å². The third-order valence-electron chi connectivity index (χ3n) is 5.13. The van der Waals surface area contributed by atoms with Crippen molar-refractivity contribution < 1.29 is 9.47 Å². The van der Waals surface area contributed by atoms with Crippen LogP contribution in [-0.4, -0.2) is 24.2 Å². The Bertz CT molecular complexity index is 607. The van der Waals surface area contributed by atoms with Gasteiger partial charge in [-0.25, -0.2) is 0 Å². The molecule has 1 saturated heterocycles. The minimum Gasteiger partial charge on any atom is -0.498 e. The molecule has 0 bridgehead atoms. The van der Waals surface area contributed by atoms with Crippen molar-refractivity contribution in [3.05, 3.63) is 40.7 Å². The molecule has 3 heterocycles. The molecular weight excluding hydrogens is 280 g/mol. The maximum absolute atomic E-state index is 6.17. The Balaban J connectivity index is 1.71. The number of hydrogen-bond acceptors (Lipinski definition) is 3. The number of allylic oxidation sites excluding steroid dienone is 1. The summed E-state index contributed by atoms with van der Waals surface area (Å²) in [4.78, 5) is 0. The second kappa shape index (κ2) is 4.98. The lowest BCUT2D eigenvalue weighted by Crippen LogP contribution is -2.44. The molecule has 0 N–H and O–H groups in total. The second-order valence-corrected chi connectivity index (χ2v) is 7.84. The molecule has 0 aliphatic carbocycles. The lowest BCUT2D eigenvalue weighted by atomic mass is 9.74. The lowest BCUT2D eigenvalue weighted by molar-refractivity contribution is 0.0689. The molecular formula is C18H22O2S. The third-order valence-corrected chi connectivity index (χ3v) is 6.55. The van der Waals surface area contributed by atoms with E-state index in [4.69, 9.17) is 9.47 Å². The van der Waals surface area contributed by atoms with Crippen molar-refractivity contribution in [1.82, 2.24) is 0 Å². The van der Waals surface area contributed by atoms with Crippen LogP contribution in [0.5, 0.6) is 5.75 Å². The van der Waals surface area contributed by atoms with Crippen LogP contribution in [0.1, 0.15) is 29.5 Å². The van der Waals surface area contributed by atoms with Crippen molar-refractivity contribution in [2.75, 3.05) is 19.0 Å². The zero-order valence-corrected chi connectivity index (χ0v) is 13.7. The van der Waals surface area contributed by atoms with E-state index in [1.165, 1.54) is 22.4 Å². The monoisotopic (exact) mass is 302 g/mol. The molecule has 0 amide bonds. The molecule has 0 spiro atoms. The Labute approximate surface area is 130 Å². The summed E-state index contributed by atoms with van der Waals surface area (Å²) < 4.78 is 12.0. The number of ether oxygens (including phenoxy) is 2. The molecule has 1 fully saturated rings. The van der Waals surface area contributed by atoms with Gasteiger partial charge in [0.25, 0.3) is 0 Å². The average molecular weight is 302 g/mol. The minimum atomic E-state index is 0.589. The molecule has 4 atom stereocenters. The summed E-state index contributed by atoms with van der Waals surface area (Å²) in [5.41, 5.74) is 4.06. The van der Waals surface area contributed by atoms with Crippen LogP contribution >= 0.6 is 11.8 Å². The fraction of sp³-hybridized carbons (Fsp3) is 0.556. The predicted octanol–water partition coefficient (Wildman–Crippen LogP) is 4.06. The van der Waals surface area contributed by atoms with Gasteiger partial charge in [0.15, 0.2) is 0 Å². The standard InChI is InChI=1S/C18H22O2S/c1-10-4-11(2)18-13(5-10)16-9-21-17-6-12(3)19-8-15(17)14(16)7-20-18/h4-6,14-17H,7-9H2,1-3H3. The minimum absolute atomic E-state index is 0.589. The highest BCUT2D eigenvalue weighted by molar-refractivity contribution is 8.00. The van der Waals surface area contributed by atoms with E-state index in [1.54, 1.807) is 0 Å². The van der Waals surface area contributed by atoms with E-state index in [2.05, 4.69) is 50.7 Å². The van der Waals surface area contributed by atoms with Crippen LogP contribution < -0.4 is 4.74 Å². The molecule has 21 heavy (non-hydrogen) atoms. The predicted molar refractivity (Wildman–Crippen MR) is 87.1 cm³/mol. The van der Waals surface area contributed by atoms with Gasteiger partial charge < -0.3 is 9.47 Å². The molecule has 3 heteroatoms. The van der Waals surface area contributed by atoms with E-state index in [9.17, 15) is 0 Å². The van der Waals surface area contributed by atoms with E-state index in [0.29, 0.717) is 23.0 Å². The second-order valence-electron chi connectivity index (χ2n) is 6.63. The first-order chi connectivity index (χ1) is 10.1. The highest BCUT2D eigenvalue weighted by Crippen LogP contribution is 2.51. The molecule has 0 saturated carbocycles. The van der Waals surface area contributed by atoms with Crippen LogP contribution in [0.2, 0.25) is 0 Å². The SMILES string of the molecule is CC1=CC2SCC3c4cc(C)cc(C)c4OCC3C2CO1. The quantitative estimate of drug-likeness (QED) is 0.720. The highest BCUT2D eigenvalue weighted by Gasteiger charge is 2.45. The maximum Gasteiger partial charge on any atom is 0.125 e. The summed E-state index contributed by atoms with van der Waals surface area (Å²) in [6.07, 6.45) is 2.31. The van der Waals surface area contributed by atoms with Gasteiger partial charge in [0.05, 0.1) is 19.0 Å². The van der Waals surface area contributed by atoms with E-state index in [1.807, 2.05) is 0 Å². The smallest absolute Gasteiger partial charge is 0.125 e. The Morgan fingerprint density at radius 2 is 1.86 bits per heavy atom. The maximum atomic E-state index is 6.17. The Morgan fingerprint density at radius 1 is 1.05 bits per heavy atom. The summed E-state index contributed by atoms with van der Waals surface area (Å²) >= 11 is 2.10. The average Bonchev–Trinajstić information content (AvgIpc) is 2.46. The normalized spacial score (nSPS) is 33.8. The number of benzene rings is 1. The van der Waals surface area contributed by atoms with Crippen LogP contribution in [0, 0.1) is 25.7 Å². The molecule has 4 unspecified atom stereocenters. The fourth-order valence-electron chi connectivity index (χ4n) is 4.10. The van der Waals surface area contributed by atoms with Gasteiger partial charge in [-0.05, 0) is 38.0 Å². The molecule has 4 rings (SSSR count). The van der Waals surface area contributed by atoms with E-state index < -0.39 is 0 Å². The van der Waals surface area contributed by atoms with Gasteiger partial charge in [-0.2, -0.15) is 11.8 Å². The zero-order chi connectivity index (χ0) is 14.6. The number of thioether (sulfide) groups is 1. The van der Waals surface area contributed by atoms with Gasteiger partial charge in [-0.3, -0.25) is 0 Å². The molecule has 3 aliphatic heterocycles. The van der Waals surface area contributed by atoms with Crippen molar-refractivity contribution in [3.63, 3.8) is 0 Å². The molecule has 2 nitrogen and oxygen atoms in total. The summed E-state index contributed by atoms with van der Waals surface area (Å²) in [5, 5.41) is 0.607. The molecule has 1 aromatic carbocycles. The van der Waals surface area contributed by atoms with Crippen molar-refractivity contribution in [1.29, 1.82) is 0 Å². The van der Waals surface area contributed by atoms with Crippen LogP contribution in [0.3, 0.4) is 0 Å². The van der Waals surface area contributed by atoms with Crippen LogP contribution in [0.4, 0.5) is 0 Å². The zero-order valence-electron chi connectivity index (χ0n) is 12.9. The van der Waals surface area contributed by atoms with Gasteiger partial charge in [0.2, 0.25) is 0 Å². The molecule has 1 aromatic rings. The highest BCUT2D eigenvalue weighted by atomic mass is 32.2. The Morgan fingerprint density at radius 3 is 2.71 bits per heavy atom. The van der Waals surface area contributed by atoms with Gasteiger partial charge in [0, 0.05) is 28.8 Å². The molecule has 0 aromatic heterocycles. The number of rotatable bonds is 0. The van der Waals surface area contributed by atoms with Gasteiger partial charge >= 0.3 is 0 Å². The third kappa shape index (κ3) is 2.17. The van der Waals surface area contributed by atoms with Crippen molar-refractivity contribution in [2.45, 2.75) is 31.9 Å². The van der Waals surface area contributed by atoms with Crippen molar-refractivity contribution in [3.8, 4) is 5.75 Å². The number of aryl methyl sites for hydroxylation is 2. The molecule has 0 radical (unpaired) electrons. The molecule has 3 aliphatic rings. The van der Waals surface area contributed by atoms with Gasteiger partial charge in [-0.15, -0.1) is 0 Å². The largest absolute Gasteiger partial charge is 0.498 e. The summed E-state index contributed by atoms with van der Waals surface area (Å²) in [6, 6.07) is 4.57. The van der Waals surface area contributed by atoms with Crippen molar-refractivity contribution in [2.24, 2.45) is 11.8 Å². The van der Waals surface area contributed by atoms with Crippen molar-refractivity contribution >= 4 is 11.8 Å². The lowest BCUT2D eigenvalue weighted by Gasteiger charge is -2.46. The summed E-state index contributed by atoms with van der Waals surface area (Å²) in [5.74, 6) is 5.24. The molecule has 112 valence electrons. The summed E-state index contributed by atoms with van der Waals surface area (Å²) in [7, 11) is 0. The first-order valence-electron chi connectivity index (χ1n) is 7.80. The van der Waals surface area contributed by atoms with Gasteiger partial charge in [0.1, 0.15) is 5.75 Å². The van der Waals surface area contributed by atoms with Crippen LogP contribution in [0.25, 0.3) is 0 Å². The Hall–Kier alpha value is -1.09. The van der Waals surface area contributed by atoms with Gasteiger partial charge in [-0.1, -0.05) is 17.7 Å². The first kappa shape index (κ1) is 13.6. The Kier molecular flexibility index (Phi) is 3.21. The van der Waals surface area contributed by atoms with E-state index in [-0.39, 0.29) is 0 Å². The van der Waals surface area contributed by atoms with Crippen LogP contribution in [-0.2, 0) is 4.74 Å².